The number of hydrogen-bond acceptors (Lipinski definition) is 2. The van der Waals surface area contributed by atoms with Crippen molar-refractivity contribution in [1.29, 1.82) is 0 Å². The number of anilines is 1. The Balaban J connectivity index is 2.00. The van der Waals surface area contributed by atoms with Gasteiger partial charge in [0, 0.05) is 12.1 Å². The fraction of sp³-hybridized carbons (Fsp3) is 0.533. The first-order chi connectivity index (χ1) is 8.56. The first kappa shape index (κ1) is 12.9. The average Bonchev–Trinajstić information content (AvgIpc) is 2.78. The van der Waals surface area contributed by atoms with Crippen LogP contribution in [0.1, 0.15) is 43.2 Å². The number of carbonyl (C=O) groups excluding carboxylic acids is 1. The summed E-state index contributed by atoms with van der Waals surface area (Å²) in [6, 6.07) is 3.53. The molecule has 1 aromatic rings. The monoisotopic (exact) mass is 247 g/mol. The normalized spacial score (nSPS) is 15.9. The predicted octanol–water partition coefficient (Wildman–Crippen LogP) is 3.53. The van der Waals surface area contributed by atoms with E-state index in [2.05, 4.69) is 5.32 Å². The van der Waals surface area contributed by atoms with Gasteiger partial charge in [-0.1, -0.05) is 12.8 Å². The molecule has 3 heteroatoms. The Hall–Kier alpha value is -1.51. The van der Waals surface area contributed by atoms with Crippen molar-refractivity contribution >= 4 is 11.6 Å². The highest BCUT2D eigenvalue weighted by molar-refractivity contribution is 5.91. The summed E-state index contributed by atoms with van der Waals surface area (Å²) in [4.78, 5) is 11.9. The van der Waals surface area contributed by atoms with E-state index in [0.717, 1.165) is 16.8 Å². The molecule has 0 unspecified atom stereocenters. The first-order valence-corrected chi connectivity index (χ1v) is 6.66. The zero-order valence-electron chi connectivity index (χ0n) is 11.1. The number of amides is 1. The van der Waals surface area contributed by atoms with Gasteiger partial charge >= 0.3 is 0 Å². The minimum absolute atomic E-state index is 0.0927. The van der Waals surface area contributed by atoms with Gasteiger partial charge in [-0.15, -0.1) is 0 Å². The van der Waals surface area contributed by atoms with Crippen LogP contribution in [0.15, 0.2) is 12.1 Å². The van der Waals surface area contributed by atoms with Crippen molar-refractivity contribution in [3.05, 3.63) is 23.3 Å². The highest BCUT2D eigenvalue weighted by Gasteiger charge is 2.18. The van der Waals surface area contributed by atoms with Crippen molar-refractivity contribution in [3.63, 3.8) is 0 Å². The van der Waals surface area contributed by atoms with E-state index < -0.39 is 0 Å². The van der Waals surface area contributed by atoms with Crippen molar-refractivity contribution < 1.29 is 9.90 Å². The highest BCUT2D eigenvalue weighted by Crippen LogP contribution is 2.29. The summed E-state index contributed by atoms with van der Waals surface area (Å²) in [5.41, 5.74) is 2.50. The number of nitrogens with one attached hydrogen (secondary N) is 1. The van der Waals surface area contributed by atoms with Crippen molar-refractivity contribution in [3.8, 4) is 5.75 Å². The molecule has 1 fully saturated rings. The molecule has 1 aliphatic carbocycles. The molecular formula is C15H21NO2. The van der Waals surface area contributed by atoms with Crippen LogP contribution < -0.4 is 5.32 Å². The maximum Gasteiger partial charge on any atom is 0.224 e. The van der Waals surface area contributed by atoms with Crippen molar-refractivity contribution in [1.82, 2.24) is 0 Å². The number of phenols is 1. The van der Waals surface area contributed by atoms with Crippen LogP contribution in [0.3, 0.4) is 0 Å². The van der Waals surface area contributed by atoms with E-state index in [0.29, 0.717) is 12.3 Å². The van der Waals surface area contributed by atoms with Crippen LogP contribution in [0.5, 0.6) is 5.75 Å². The number of aryl methyl sites for hydroxylation is 2. The molecule has 0 atom stereocenters. The number of phenolic OH excluding ortho intramolecular Hbond substituents is 1. The fourth-order valence-electron chi connectivity index (χ4n) is 2.61. The van der Waals surface area contributed by atoms with Gasteiger partial charge in [0.15, 0.2) is 0 Å². The van der Waals surface area contributed by atoms with Crippen LogP contribution in [-0.2, 0) is 4.79 Å². The Morgan fingerprint density at radius 1 is 1.28 bits per heavy atom. The van der Waals surface area contributed by atoms with Gasteiger partial charge < -0.3 is 10.4 Å². The molecule has 2 N–H and O–H groups in total. The molecule has 0 saturated heterocycles. The van der Waals surface area contributed by atoms with Crippen LogP contribution in [-0.4, -0.2) is 11.0 Å². The maximum atomic E-state index is 11.9. The summed E-state index contributed by atoms with van der Waals surface area (Å²) in [5.74, 6) is 0.930. The standard InChI is InChI=1S/C15H21NO2/c1-10-8-14(17)11(2)7-13(10)16-15(18)9-12-5-3-4-6-12/h7-8,12,17H,3-6,9H2,1-2H3,(H,16,18). The Morgan fingerprint density at radius 2 is 1.94 bits per heavy atom. The topological polar surface area (TPSA) is 49.3 Å². The Labute approximate surface area is 108 Å². The van der Waals surface area contributed by atoms with Crippen molar-refractivity contribution in [2.45, 2.75) is 46.0 Å². The second-order valence-electron chi connectivity index (χ2n) is 5.36. The highest BCUT2D eigenvalue weighted by atomic mass is 16.3. The third-order valence-corrected chi connectivity index (χ3v) is 3.77. The van der Waals surface area contributed by atoms with E-state index in [1.165, 1.54) is 25.7 Å². The van der Waals surface area contributed by atoms with Crippen LogP contribution in [0.2, 0.25) is 0 Å². The van der Waals surface area contributed by atoms with Gasteiger partial charge in [-0.3, -0.25) is 4.79 Å². The van der Waals surface area contributed by atoms with Crippen molar-refractivity contribution in [2.24, 2.45) is 5.92 Å². The molecule has 0 aromatic heterocycles. The van der Waals surface area contributed by atoms with Gasteiger partial charge in [-0.25, -0.2) is 0 Å². The molecule has 0 spiro atoms. The van der Waals surface area contributed by atoms with Crippen LogP contribution in [0, 0.1) is 19.8 Å². The number of rotatable bonds is 3. The van der Waals surface area contributed by atoms with Gasteiger partial charge in [0.25, 0.3) is 0 Å². The van der Waals surface area contributed by atoms with E-state index in [9.17, 15) is 9.90 Å². The Kier molecular flexibility index (Phi) is 3.90. The molecule has 1 amide bonds. The molecule has 1 aromatic carbocycles. The molecule has 18 heavy (non-hydrogen) atoms. The van der Waals surface area contributed by atoms with Crippen LogP contribution >= 0.6 is 0 Å². The SMILES string of the molecule is Cc1cc(NC(=O)CC2CCCC2)c(C)cc1O. The van der Waals surface area contributed by atoms with Crippen molar-refractivity contribution in [2.75, 3.05) is 5.32 Å². The minimum atomic E-state index is 0.0927. The summed E-state index contributed by atoms with van der Waals surface area (Å²) in [5, 5.41) is 12.5. The molecule has 0 radical (unpaired) electrons. The molecule has 0 aliphatic heterocycles. The summed E-state index contributed by atoms with van der Waals surface area (Å²) >= 11 is 0. The smallest absolute Gasteiger partial charge is 0.224 e. The molecule has 1 saturated carbocycles. The lowest BCUT2D eigenvalue weighted by Crippen LogP contribution is -2.15. The number of hydrogen-bond donors (Lipinski definition) is 2. The molecular weight excluding hydrogens is 226 g/mol. The summed E-state index contributed by atoms with van der Waals surface area (Å²) < 4.78 is 0. The van der Waals surface area contributed by atoms with E-state index >= 15 is 0 Å². The lowest BCUT2D eigenvalue weighted by atomic mass is 10.0. The summed E-state index contributed by atoms with van der Waals surface area (Å²) in [6.07, 6.45) is 5.51. The van der Waals surface area contributed by atoms with E-state index in [-0.39, 0.29) is 11.7 Å². The fourth-order valence-corrected chi connectivity index (χ4v) is 2.61. The molecule has 0 heterocycles. The molecule has 98 valence electrons. The van der Waals surface area contributed by atoms with Gasteiger partial charge in [0.2, 0.25) is 5.91 Å². The van der Waals surface area contributed by atoms with E-state index in [1.54, 1.807) is 6.07 Å². The van der Waals surface area contributed by atoms with Crippen LogP contribution in [0.4, 0.5) is 5.69 Å². The molecule has 2 rings (SSSR count). The third kappa shape index (κ3) is 3.03. The minimum Gasteiger partial charge on any atom is -0.508 e. The summed E-state index contributed by atoms with van der Waals surface area (Å²) in [6.45, 7) is 3.73. The third-order valence-electron chi connectivity index (χ3n) is 3.77. The number of carbonyl (C=O) groups is 1. The molecule has 0 bridgehead atoms. The lowest BCUT2D eigenvalue weighted by Gasteiger charge is -2.12. The quantitative estimate of drug-likeness (QED) is 0.803. The first-order valence-electron chi connectivity index (χ1n) is 6.66. The largest absolute Gasteiger partial charge is 0.508 e. The predicted molar refractivity (Wildman–Crippen MR) is 72.8 cm³/mol. The van der Waals surface area contributed by atoms with Gasteiger partial charge in [-0.05, 0) is 55.9 Å². The Morgan fingerprint density at radius 3 is 2.61 bits per heavy atom. The zero-order chi connectivity index (χ0) is 13.1. The zero-order valence-corrected chi connectivity index (χ0v) is 11.1. The maximum absolute atomic E-state index is 11.9. The molecule has 1 aliphatic rings. The van der Waals surface area contributed by atoms with Gasteiger partial charge in [-0.2, -0.15) is 0 Å². The second kappa shape index (κ2) is 5.42. The van der Waals surface area contributed by atoms with E-state index in [4.69, 9.17) is 0 Å². The number of benzene rings is 1. The average molecular weight is 247 g/mol. The van der Waals surface area contributed by atoms with Gasteiger partial charge in [0.1, 0.15) is 5.75 Å². The second-order valence-corrected chi connectivity index (χ2v) is 5.36. The van der Waals surface area contributed by atoms with E-state index in [1.807, 2.05) is 19.9 Å². The molecule has 3 nitrogen and oxygen atoms in total. The summed E-state index contributed by atoms with van der Waals surface area (Å²) in [7, 11) is 0. The lowest BCUT2D eigenvalue weighted by molar-refractivity contribution is -0.117. The Bertz CT molecular complexity index is 448. The number of aromatic hydroxyl groups is 1. The van der Waals surface area contributed by atoms with Crippen LogP contribution in [0.25, 0.3) is 0 Å². The van der Waals surface area contributed by atoms with Gasteiger partial charge in [0.05, 0.1) is 0 Å².